The molecule has 0 amide bonds. The zero-order chi connectivity index (χ0) is 13.1. The Kier molecular flexibility index (Phi) is 3.08. The lowest BCUT2D eigenvalue weighted by molar-refractivity contribution is 0.484. The van der Waals surface area contributed by atoms with Crippen LogP contribution in [0.25, 0.3) is 10.9 Å². The zero-order valence-electron chi connectivity index (χ0n) is 10.3. The SMILES string of the molecule is NCc1cccc(Oc2cnnc3ccccc23)c1. The van der Waals surface area contributed by atoms with Crippen LogP contribution < -0.4 is 10.5 Å². The van der Waals surface area contributed by atoms with Gasteiger partial charge in [0.2, 0.25) is 0 Å². The third kappa shape index (κ3) is 2.39. The first kappa shape index (κ1) is 11.6. The van der Waals surface area contributed by atoms with Crippen molar-refractivity contribution >= 4 is 10.9 Å². The van der Waals surface area contributed by atoms with Gasteiger partial charge < -0.3 is 10.5 Å². The van der Waals surface area contributed by atoms with Crippen molar-refractivity contribution in [3.8, 4) is 11.5 Å². The van der Waals surface area contributed by atoms with Crippen molar-refractivity contribution in [2.24, 2.45) is 5.73 Å². The lowest BCUT2D eigenvalue weighted by Gasteiger charge is -2.08. The largest absolute Gasteiger partial charge is 0.455 e. The molecule has 1 heterocycles. The maximum absolute atomic E-state index is 5.88. The van der Waals surface area contributed by atoms with Gasteiger partial charge in [-0.1, -0.05) is 24.3 Å². The van der Waals surface area contributed by atoms with E-state index >= 15 is 0 Å². The predicted octanol–water partition coefficient (Wildman–Crippen LogP) is 2.88. The summed E-state index contributed by atoms with van der Waals surface area (Å²) in [6, 6.07) is 15.5. The number of ether oxygens (including phenoxy) is 1. The molecule has 1 aromatic heterocycles. The number of rotatable bonds is 3. The van der Waals surface area contributed by atoms with Crippen LogP contribution in [0.1, 0.15) is 5.56 Å². The summed E-state index contributed by atoms with van der Waals surface area (Å²) in [5.74, 6) is 1.45. The summed E-state index contributed by atoms with van der Waals surface area (Å²) in [5.41, 5.74) is 7.47. The molecule has 0 fully saturated rings. The molecule has 0 aliphatic heterocycles. The van der Waals surface area contributed by atoms with Gasteiger partial charge in [-0.3, -0.25) is 0 Å². The molecule has 2 aromatic carbocycles. The van der Waals surface area contributed by atoms with Gasteiger partial charge >= 0.3 is 0 Å². The Hall–Kier alpha value is -2.46. The highest BCUT2D eigenvalue weighted by atomic mass is 16.5. The molecule has 0 bridgehead atoms. The molecule has 0 aliphatic carbocycles. The summed E-state index contributed by atoms with van der Waals surface area (Å²) in [6.45, 7) is 0.493. The second-order valence-corrected chi connectivity index (χ2v) is 4.18. The van der Waals surface area contributed by atoms with E-state index in [1.807, 2.05) is 48.5 Å². The molecule has 19 heavy (non-hydrogen) atoms. The molecule has 4 heteroatoms. The highest BCUT2D eigenvalue weighted by Crippen LogP contribution is 2.27. The van der Waals surface area contributed by atoms with Gasteiger partial charge in [0.1, 0.15) is 5.75 Å². The molecule has 2 N–H and O–H groups in total. The lowest BCUT2D eigenvalue weighted by atomic mass is 10.2. The normalized spacial score (nSPS) is 10.6. The van der Waals surface area contributed by atoms with Crippen LogP contribution >= 0.6 is 0 Å². The molecule has 0 unspecified atom stereocenters. The van der Waals surface area contributed by atoms with Crippen molar-refractivity contribution in [3.63, 3.8) is 0 Å². The molecule has 94 valence electrons. The smallest absolute Gasteiger partial charge is 0.156 e. The third-order valence-electron chi connectivity index (χ3n) is 2.87. The number of nitrogens with zero attached hydrogens (tertiary/aromatic N) is 2. The van der Waals surface area contributed by atoms with Crippen molar-refractivity contribution in [2.75, 3.05) is 0 Å². The van der Waals surface area contributed by atoms with E-state index in [0.29, 0.717) is 12.3 Å². The fourth-order valence-electron chi connectivity index (χ4n) is 1.93. The third-order valence-corrected chi connectivity index (χ3v) is 2.87. The summed E-state index contributed by atoms with van der Waals surface area (Å²) >= 11 is 0. The number of hydrogen-bond acceptors (Lipinski definition) is 4. The monoisotopic (exact) mass is 251 g/mol. The van der Waals surface area contributed by atoms with Crippen molar-refractivity contribution < 1.29 is 4.74 Å². The number of nitrogens with two attached hydrogens (primary N) is 1. The maximum Gasteiger partial charge on any atom is 0.156 e. The number of hydrogen-bond donors (Lipinski definition) is 1. The standard InChI is InChI=1S/C15H13N3O/c16-9-11-4-3-5-12(8-11)19-15-10-17-18-14-7-2-1-6-13(14)15/h1-8,10H,9,16H2. The van der Waals surface area contributed by atoms with Gasteiger partial charge in [0.05, 0.1) is 11.7 Å². The minimum absolute atomic E-state index is 0.493. The van der Waals surface area contributed by atoms with Crippen LogP contribution in [0.5, 0.6) is 11.5 Å². The molecule has 4 nitrogen and oxygen atoms in total. The van der Waals surface area contributed by atoms with Crippen LogP contribution in [-0.4, -0.2) is 10.2 Å². The summed E-state index contributed by atoms with van der Waals surface area (Å²) in [4.78, 5) is 0. The van der Waals surface area contributed by atoms with Crippen LogP contribution in [-0.2, 0) is 6.54 Å². The topological polar surface area (TPSA) is 61.0 Å². The van der Waals surface area contributed by atoms with Crippen LogP contribution in [0.2, 0.25) is 0 Å². The molecule has 3 rings (SSSR count). The minimum Gasteiger partial charge on any atom is -0.455 e. The Morgan fingerprint density at radius 2 is 1.95 bits per heavy atom. The van der Waals surface area contributed by atoms with Gasteiger partial charge in [0, 0.05) is 11.9 Å². The summed E-state index contributed by atoms with van der Waals surface area (Å²) in [5, 5.41) is 8.96. The van der Waals surface area contributed by atoms with Crippen LogP contribution in [0.3, 0.4) is 0 Å². The van der Waals surface area contributed by atoms with Gasteiger partial charge in [-0.15, -0.1) is 0 Å². The second kappa shape index (κ2) is 5.04. The highest BCUT2D eigenvalue weighted by Gasteiger charge is 2.05. The number of fused-ring (bicyclic) bond motifs is 1. The van der Waals surface area contributed by atoms with E-state index in [1.165, 1.54) is 0 Å². The van der Waals surface area contributed by atoms with E-state index in [-0.39, 0.29) is 0 Å². The van der Waals surface area contributed by atoms with Gasteiger partial charge in [-0.25, -0.2) is 0 Å². The fourth-order valence-corrected chi connectivity index (χ4v) is 1.93. The molecule has 0 radical (unpaired) electrons. The summed E-state index contributed by atoms with van der Waals surface area (Å²) in [6.07, 6.45) is 1.62. The van der Waals surface area contributed by atoms with E-state index in [2.05, 4.69) is 10.2 Å². The van der Waals surface area contributed by atoms with E-state index in [1.54, 1.807) is 6.20 Å². The Balaban J connectivity index is 2.01. The van der Waals surface area contributed by atoms with E-state index < -0.39 is 0 Å². The summed E-state index contributed by atoms with van der Waals surface area (Å²) in [7, 11) is 0. The van der Waals surface area contributed by atoms with Crippen LogP contribution in [0, 0.1) is 0 Å². The Labute approximate surface area is 110 Å². The molecule has 0 aliphatic rings. The number of benzene rings is 2. The van der Waals surface area contributed by atoms with Crippen LogP contribution in [0.15, 0.2) is 54.7 Å². The summed E-state index contributed by atoms with van der Waals surface area (Å²) < 4.78 is 5.88. The van der Waals surface area contributed by atoms with Crippen molar-refractivity contribution in [2.45, 2.75) is 6.54 Å². The van der Waals surface area contributed by atoms with Gasteiger partial charge in [-0.05, 0) is 29.8 Å². The van der Waals surface area contributed by atoms with Gasteiger partial charge in [0.25, 0.3) is 0 Å². The molecule has 0 saturated heterocycles. The molecule has 0 spiro atoms. The fraction of sp³-hybridized carbons (Fsp3) is 0.0667. The quantitative estimate of drug-likeness (QED) is 0.777. The second-order valence-electron chi connectivity index (χ2n) is 4.18. The Morgan fingerprint density at radius 3 is 2.84 bits per heavy atom. The molecule has 3 aromatic rings. The Morgan fingerprint density at radius 1 is 1.05 bits per heavy atom. The average molecular weight is 251 g/mol. The maximum atomic E-state index is 5.88. The first-order valence-electron chi connectivity index (χ1n) is 6.04. The zero-order valence-corrected chi connectivity index (χ0v) is 10.3. The minimum atomic E-state index is 0.493. The molecular weight excluding hydrogens is 238 g/mol. The molecular formula is C15H13N3O. The first-order valence-corrected chi connectivity index (χ1v) is 6.04. The first-order chi connectivity index (χ1) is 9.36. The average Bonchev–Trinajstić information content (AvgIpc) is 2.48. The van der Waals surface area contributed by atoms with Crippen molar-refractivity contribution in [3.05, 3.63) is 60.3 Å². The predicted molar refractivity (Wildman–Crippen MR) is 73.9 cm³/mol. The highest BCUT2D eigenvalue weighted by molar-refractivity contribution is 5.84. The van der Waals surface area contributed by atoms with E-state index in [9.17, 15) is 0 Å². The van der Waals surface area contributed by atoms with Crippen molar-refractivity contribution in [1.29, 1.82) is 0 Å². The van der Waals surface area contributed by atoms with Crippen molar-refractivity contribution in [1.82, 2.24) is 10.2 Å². The number of aromatic nitrogens is 2. The lowest BCUT2D eigenvalue weighted by Crippen LogP contribution is -1.96. The molecule has 0 saturated carbocycles. The van der Waals surface area contributed by atoms with E-state index in [4.69, 9.17) is 10.5 Å². The van der Waals surface area contributed by atoms with E-state index in [0.717, 1.165) is 22.2 Å². The molecule has 0 atom stereocenters. The van der Waals surface area contributed by atoms with Gasteiger partial charge in [-0.2, -0.15) is 10.2 Å². The Bertz CT molecular complexity index is 707. The van der Waals surface area contributed by atoms with Crippen LogP contribution in [0.4, 0.5) is 0 Å². The van der Waals surface area contributed by atoms with Gasteiger partial charge in [0.15, 0.2) is 5.75 Å².